The summed E-state index contributed by atoms with van der Waals surface area (Å²) in [6.45, 7) is 2.70. The van der Waals surface area contributed by atoms with Crippen molar-refractivity contribution in [1.82, 2.24) is 24.6 Å². The van der Waals surface area contributed by atoms with Crippen LogP contribution in [0, 0.1) is 0 Å². The van der Waals surface area contributed by atoms with Crippen LogP contribution in [-0.2, 0) is 9.53 Å². The first-order valence-electron chi connectivity index (χ1n) is 9.30. The van der Waals surface area contributed by atoms with Crippen molar-refractivity contribution in [3.63, 3.8) is 0 Å². The predicted octanol–water partition coefficient (Wildman–Crippen LogP) is 2.03. The molecule has 140 valence electrons. The summed E-state index contributed by atoms with van der Waals surface area (Å²) in [5.41, 5.74) is 3.49. The Kier molecular flexibility index (Phi) is 3.95. The van der Waals surface area contributed by atoms with E-state index < -0.39 is 0 Å². The van der Waals surface area contributed by atoms with E-state index in [2.05, 4.69) is 43.2 Å². The van der Waals surface area contributed by atoms with Crippen molar-refractivity contribution in [2.24, 2.45) is 0 Å². The van der Waals surface area contributed by atoms with Gasteiger partial charge in [0.25, 0.3) is 5.91 Å². The zero-order valence-electron chi connectivity index (χ0n) is 15.2. The summed E-state index contributed by atoms with van der Waals surface area (Å²) < 4.78 is 7.12. The predicted molar refractivity (Wildman–Crippen MR) is 101 cm³/mol. The van der Waals surface area contributed by atoms with E-state index in [1.807, 2.05) is 18.5 Å². The monoisotopic (exact) mass is 366 g/mol. The number of fused-ring (bicyclic) bond motifs is 1. The Labute approximate surface area is 156 Å². The molecular formula is C19H22N6O2. The van der Waals surface area contributed by atoms with Gasteiger partial charge in [0.15, 0.2) is 6.10 Å². The van der Waals surface area contributed by atoms with Crippen molar-refractivity contribution >= 4 is 22.6 Å². The van der Waals surface area contributed by atoms with Crippen LogP contribution in [0.3, 0.4) is 0 Å². The van der Waals surface area contributed by atoms with Crippen LogP contribution in [0.4, 0.5) is 5.69 Å². The van der Waals surface area contributed by atoms with Gasteiger partial charge in [0.05, 0.1) is 24.5 Å². The topological polar surface area (TPSA) is 91.4 Å². The molecular weight excluding hydrogens is 344 g/mol. The molecule has 2 N–H and O–H groups in total. The normalized spacial score (nSPS) is 20.9. The van der Waals surface area contributed by atoms with Crippen LogP contribution >= 0.6 is 0 Å². The molecule has 0 aromatic carbocycles. The van der Waals surface area contributed by atoms with Gasteiger partial charge in [-0.3, -0.25) is 9.48 Å². The molecule has 3 aromatic rings. The van der Waals surface area contributed by atoms with Crippen molar-refractivity contribution in [2.75, 3.05) is 32.1 Å². The number of piperidine rings is 1. The maximum Gasteiger partial charge on any atom is 0.255 e. The molecule has 0 spiro atoms. The van der Waals surface area contributed by atoms with Gasteiger partial charge in [-0.15, -0.1) is 0 Å². The SMILES string of the molecule is CN1CCC(n2cc(-c3cnc4[nH]cc(NC(=O)[C@@H]5CO5)c4c3)cn2)CC1. The van der Waals surface area contributed by atoms with Gasteiger partial charge in [-0.1, -0.05) is 0 Å². The molecule has 3 aromatic heterocycles. The van der Waals surface area contributed by atoms with Gasteiger partial charge in [-0.25, -0.2) is 4.98 Å². The summed E-state index contributed by atoms with van der Waals surface area (Å²) >= 11 is 0. The molecule has 1 amide bonds. The molecule has 0 bridgehead atoms. The third-order valence-electron chi connectivity index (χ3n) is 5.41. The molecule has 5 heterocycles. The Morgan fingerprint density at radius 3 is 2.89 bits per heavy atom. The van der Waals surface area contributed by atoms with E-state index in [1.54, 1.807) is 6.20 Å². The maximum atomic E-state index is 12.0. The molecule has 2 aliphatic rings. The number of likely N-dealkylation sites (tertiary alicyclic amines) is 1. The number of amides is 1. The first kappa shape index (κ1) is 16.5. The van der Waals surface area contributed by atoms with Gasteiger partial charge in [0.1, 0.15) is 5.65 Å². The standard InChI is InChI=1S/C19H22N6O2/c1-24-4-2-14(3-5-24)25-10-13(8-22-25)12-6-15-16(9-21-18(15)20-7-12)23-19(26)17-11-27-17/h6-10,14,17H,2-5,11H2,1H3,(H,20,21)(H,23,26)/t17-/m0/s1. The lowest BCUT2D eigenvalue weighted by atomic mass is 10.1. The van der Waals surface area contributed by atoms with Crippen molar-refractivity contribution < 1.29 is 9.53 Å². The number of rotatable bonds is 4. The number of epoxide rings is 1. The highest BCUT2D eigenvalue weighted by Crippen LogP contribution is 2.29. The quantitative estimate of drug-likeness (QED) is 0.690. The van der Waals surface area contributed by atoms with Crippen LogP contribution in [0.2, 0.25) is 0 Å². The number of aromatic nitrogens is 4. The second-order valence-corrected chi connectivity index (χ2v) is 7.38. The highest BCUT2D eigenvalue weighted by molar-refractivity contribution is 6.03. The van der Waals surface area contributed by atoms with Crippen LogP contribution in [0.25, 0.3) is 22.2 Å². The number of aromatic amines is 1. The van der Waals surface area contributed by atoms with Crippen molar-refractivity contribution in [2.45, 2.75) is 25.0 Å². The van der Waals surface area contributed by atoms with E-state index in [0.717, 1.165) is 53.8 Å². The Hall–Kier alpha value is -2.71. The highest BCUT2D eigenvalue weighted by atomic mass is 16.6. The summed E-state index contributed by atoms with van der Waals surface area (Å²) in [4.78, 5) is 21.9. The summed E-state index contributed by atoms with van der Waals surface area (Å²) in [6, 6.07) is 2.49. The number of nitrogens with one attached hydrogen (secondary N) is 2. The smallest absolute Gasteiger partial charge is 0.255 e. The molecule has 0 saturated carbocycles. The van der Waals surface area contributed by atoms with Gasteiger partial charge in [-0.2, -0.15) is 5.10 Å². The number of hydrogen-bond donors (Lipinski definition) is 2. The number of ether oxygens (including phenoxy) is 1. The number of carbonyl (C=O) groups excluding carboxylic acids is 1. The van der Waals surface area contributed by atoms with Crippen LogP contribution in [0.1, 0.15) is 18.9 Å². The number of anilines is 1. The lowest BCUT2D eigenvalue weighted by molar-refractivity contribution is -0.117. The molecule has 0 unspecified atom stereocenters. The number of hydrogen-bond acceptors (Lipinski definition) is 5. The van der Waals surface area contributed by atoms with Crippen molar-refractivity contribution in [3.05, 3.63) is 30.9 Å². The van der Waals surface area contributed by atoms with Crippen LogP contribution in [0.15, 0.2) is 30.9 Å². The van der Waals surface area contributed by atoms with Crippen LogP contribution < -0.4 is 5.32 Å². The van der Waals surface area contributed by atoms with Gasteiger partial charge in [0, 0.05) is 35.1 Å². The van der Waals surface area contributed by atoms with Crippen LogP contribution in [-0.4, -0.2) is 63.4 Å². The summed E-state index contributed by atoms with van der Waals surface area (Å²) in [5, 5.41) is 8.38. The maximum absolute atomic E-state index is 12.0. The Morgan fingerprint density at radius 2 is 2.11 bits per heavy atom. The average molecular weight is 366 g/mol. The Bertz CT molecular complexity index is 981. The van der Waals surface area contributed by atoms with Gasteiger partial charge in [0.2, 0.25) is 0 Å². The third-order valence-corrected chi connectivity index (χ3v) is 5.41. The van der Waals surface area contributed by atoms with E-state index in [-0.39, 0.29) is 12.0 Å². The molecule has 8 heteroatoms. The lowest BCUT2D eigenvalue weighted by Gasteiger charge is -2.28. The summed E-state index contributed by atoms with van der Waals surface area (Å²) in [7, 11) is 2.16. The fourth-order valence-corrected chi connectivity index (χ4v) is 3.62. The van der Waals surface area contributed by atoms with Gasteiger partial charge in [-0.05, 0) is 39.0 Å². The molecule has 0 aliphatic carbocycles. The van der Waals surface area contributed by atoms with E-state index in [4.69, 9.17) is 4.74 Å². The molecule has 5 rings (SSSR count). The minimum Gasteiger partial charge on any atom is -0.363 e. The third kappa shape index (κ3) is 3.22. The number of pyridine rings is 1. The number of H-pyrrole nitrogens is 1. The van der Waals surface area contributed by atoms with Crippen LogP contribution in [0.5, 0.6) is 0 Å². The molecule has 2 aliphatic heterocycles. The zero-order valence-corrected chi connectivity index (χ0v) is 15.2. The zero-order chi connectivity index (χ0) is 18.4. The summed E-state index contributed by atoms with van der Waals surface area (Å²) in [6.07, 6.45) is 9.51. The van der Waals surface area contributed by atoms with Gasteiger partial charge >= 0.3 is 0 Å². The second kappa shape index (κ2) is 6.47. The molecule has 1 atom stereocenters. The van der Waals surface area contributed by atoms with Crippen molar-refractivity contribution in [1.29, 1.82) is 0 Å². The first-order valence-corrected chi connectivity index (χ1v) is 9.30. The fraction of sp³-hybridized carbons (Fsp3) is 0.421. The molecule has 8 nitrogen and oxygen atoms in total. The average Bonchev–Trinajstić information content (AvgIpc) is 3.30. The summed E-state index contributed by atoms with van der Waals surface area (Å²) in [5.74, 6) is -0.114. The van der Waals surface area contributed by atoms with Crippen molar-refractivity contribution in [3.8, 4) is 11.1 Å². The first-order chi connectivity index (χ1) is 13.2. The minimum absolute atomic E-state index is 0.114. The second-order valence-electron chi connectivity index (χ2n) is 7.38. The molecule has 0 radical (unpaired) electrons. The Balaban J connectivity index is 1.40. The molecule has 2 saturated heterocycles. The molecule has 27 heavy (non-hydrogen) atoms. The molecule has 2 fully saturated rings. The largest absolute Gasteiger partial charge is 0.363 e. The minimum atomic E-state index is -0.320. The lowest BCUT2D eigenvalue weighted by Crippen LogP contribution is -2.31. The van der Waals surface area contributed by atoms with Gasteiger partial charge < -0.3 is 19.9 Å². The van der Waals surface area contributed by atoms with E-state index in [1.165, 1.54) is 0 Å². The number of nitrogens with zero attached hydrogens (tertiary/aromatic N) is 4. The Morgan fingerprint density at radius 1 is 1.30 bits per heavy atom. The van der Waals surface area contributed by atoms with E-state index in [9.17, 15) is 4.79 Å². The highest BCUT2D eigenvalue weighted by Gasteiger charge is 2.31. The number of carbonyl (C=O) groups is 1. The van der Waals surface area contributed by atoms with E-state index >= 15 is 0 Å². The van der Waals surface area contributed by atoms with E-state index in [0.29, 0.717) is 12.6 Å². The fourth-order valence-electron chi connectivity index (χ4n) is 3.62.